The molecule has 1 amide bonds. The van der Waals surface area contributed by atoms with E-state index in [1.54, 1.807) is 13.0 Å². The van der Waals surface area contributed by atoms with E-state index in [4.69, 9.17) is 25.6 Å². The summed E-state index contributed by atoms with van der Waals surface area (Å²) in [6, 6.07) is 16.0. The monoisotopic (exact) mass is 532 g/mol. The van der Waals surface area contributed by atoms with Gasteiger partial charge >= 0.3 is 0 Å². The van der Waals surface area contributed by atoms with Gasteiger partial charge in [0.25, 0.3) is 5.91 Å². The SMILES string of the molecule is Cc1cc(N2C(=O)C3=C(C(=O)C4CC(C)C(C)CC4O3)C2c2cccc(OCc3ccccc3Cl)c2)no1. The van der Waals surface area contributed by atoms with Gasteiger partial charge < -0.3 is 14.0 Å². The number of fused-ring (bicyclic) bond motifs is 1. The van der Waals surface area contributed by atoms with E-state index in [1.807, 2.05) is 48.5 Å². The second kappa shape index (κ2) is 9.62. The van der Waals surface area contributed by atoms with Crippen LogP contribution in [0.2, 0.25) is 5.02 Å². The molecule has 8 heteroatoms. The molecule has 196 valence electrons. The summed E-state index contributed by atoms with van der Waals surface area (Å²) in [6.07, 6.45) is 1.20. The average Bonchev–Trinajstić information content (AvgIpc) is 3.45. The predicted molar refractivity (Wildman–Crippen MR) is 142 cm³/mol. The van der Waals surface area contributed by atoms with Crippen LogP contribution in [0.25, 0.3) is 0 Å². The van der Waals surface area contributed by atoms with E-state index in [2.05, 4.69) is 19.0 Å². The maximum absolute atomic E-state index is 14.0. The van der Waals surface area contributed by atoms with Crippen molar-refractivity contribution < 1.29 is 23.6 Å². The molecule has 0 saturated heterocycles. The number of ketones is 1. The molecule has 1 fully saturated rings. The molecule has 38 heavy (non-hydrogen) atoms. The molecule has 5 atom stereocenters. The van der Waals surface area contributed by atoms with Crippen LogP contribution in [0, 0.1) is 24.7 Å². The van der Waals surface area contributed by atoms with Gasteiger partial charge in [-0.3, -0.25) is 14.5 Å². The second-order valence-corrected chi connectivity index (χ2v) is 11.0. The van der Waals surface area contributed by atoms with Crippen molar-refractivity contribution in [3.8, 4) is 5.75 Å². The van der Waals surface area contributed by atoms with Crippen LogP contribution in [0.1, 0.15) is 49.6 Å². The zero-order chi connectivity index (χ0) is 26.6. The summed E-state index contributed by atoms with van der Waals surface area (Å²) >= 11 is 6.30. The first-order valence-corrected chi connectivity index (χ1v) is 13.4. The Morgan fingerprint density at radius 3 is 2.61 bits per heavy atom. The summed E-state index contributed by atoms with van der Waals surface area (Å²) in [4.78, 5) is 29.3. The third kappa shape index (κ3) is 4.19. The Hall–Kier alpha value is -3.58. The highest BCUT2D eigenvalue weighted by Crippen LogP contribution is 2.50. The lowest BCUT2D eigenvalue weighted by molar-refractivity contribution is -0.134. The van der Waals surface area contributed by atoms with Crippen LogP contribution in [0.4, 0.5) is 5.82 Å². The Kier molecular flexibility index (Phi) is 6.26. The Bertz CT molecular complexity index is 1450. The smallest absolute Gasteiger partial charge is 0.295 e. The van der Waals surface area contributed by atoms with Gasteiger partial charge in [0, 0.05) is 16.7 Å². The number of anilines is 1. The quantitative estimate of drug-likeness (QED) is 0.388. The fraction of sp³-hybridized carbons (Fsp3) is 0.367. The molecule has 0 radical (unpaired) electrons. The minimum absolute atomic E-state index is 0.0153. The third-order valence-electron chi connectivity index (χ3n) is 8.10. The summed E-state index contributed by atoms with van der Waals surface area (Å²) in [5.41, 5.74) is 1.98. The molecular formula is C30H29ClN2O5. The first-order chi connectivity index (χ1) is 18.3. The molecule has 2 aromatic carbocycles. The van der Waals surface area contributed by atoms with E-state index in [0.29, 0.717) is 39.8 Å². The molecule has 0 bridgehead atoms. The number of aromatic nitrogens is 1. The highest BCUT2D eigenvalue weighted by atomic mass is 35.5. The maximum atomic E-state index is 14.0. The number of halogens is 1. The van der Waals surface area contributed by atoms with Crippen molar-refractivity contribution in [3.05, 3.63) is 87.8 Å². The average molecular weight is 533 g/mol. The number of rotatable bonds is 5. The van der Waals surface area contributed by atoms with Crippen molar-refractivity contribution in [3.63, 3.8) is 0 Å². The second-order valence-electron chi connectivity index (χ2n) is 10.6. The van der Waals surface area contributed by atoms with Crippen LogP contribution < -0.4 is 9.64 Å². The molecule has 1 aliphatic carbocycles. The molecular weight excluding hydrogens is 504 g/mol. The Morgan fingerprint density at radius 2 is 1.84 bits per heavy atom. The molecule has 5 unspecified atom stereocenters. The van der Waals surface area contributed by atoms with Crippen LogP contribution in [-0.2, 0) is 20.9 Å². The van der Waals surface area contributed by atoms with Crippen LogP contribution in [0.3, 0.4) is 0 Å². The Labute approximate surface area is 226 Å². The molecule has 7 nitrogen and oxygen atoms in total. The lowest BCUT2D eigenvalue weighted by Crippen LogP contribution is -2.43. The van der Waals surface area contributed by atoms with Gasteiger partial charge in [-0.05, 0) is 55.4 Å². The summed E-state index contributed by atoms with van der Waals surface area (Å²) < 4.78 is 17.7. The number of ether oxygens (including phenoxy) is 2. The van der Waals surface area contributed by atoms with Gasteiger partial charge in [-0.1, -0.05) is 60.9 Å². The molecule has 3 heterocycles. The molecule has 6 rings (SSSR count). The highest BCUT2D eigenvalue weighted by molar-refractivity contribution is 6.31. The van der Waals surface area contributed by atoms with Crippen LogP contribution >= 0.6 is 11.6 Å². The molecule has 3 aromatic rings. The molecule has 1 saturated carbocycles. The van der Waals surface area contributed by atoms with Gasteiger partial charge in [-0.25, -0.2) is 0 Å². The van der Waals surface area contributed by atoms with Gasteiger partial charge in [-0.15, -0.1) is 0 Å². The van der Waals surface area contributed by atoms with Gasteiger partial charge in [0.2, 0.25) is 0 Å². The standard InChI is InChI=1S/C30H29ClN2O5/c1-16-11-22-24(12-17(16)2)37-29-26(28(22)34)27(33(30(29)35)25-13-18(3)38-32-25)19-8-6-9-21(14-19)36-15-20-7-4-5-10-23(20)31/h4-10,13-14,16-17,22,24,27H,11-12,15H2,1-3H3. The summed E-state index contributed by atoms with van der Waals surface area (Å²) in [5.74, 6) is 1.80. The maximum Gasteiger partial charge on any atom is 0.295 e. The van der Waals surface area contributed by atoms with E-state index in [9.17, 15) is 9.59 Å². The molecule has 0 N–H and O–H groups in total. The van der Waals surface area contributed by atoms with E-state index in [0.717, 1.165) is 24.0 Å². The van der Waals surface area contributed by atoms with Gasteiger partial charge in [-0.2, -0.15) is 0 Å². The number of aryl methyl sites for hydroxylation is 1. The first kappa shape index (κ1) is 24.7. The lowest BCUT2D eigenvalue weighted by atomic mass is 9.70. The van der Waals surface area contributed by atoms with Crippen LogP contribution in [0.5, 0.6) is 5.75 Å². The largest absolute Gasteiger partial charge is 0.489 e. The number of Topliss-reactive ketones (excluding diaryl/α,β-unsaturated/α-hetero) is 1. The van der Waals surface area contributed by atoms with Crippen molar-refractivity contribution in [2.45, 2.75) is 52.4 Å². The van der Waals surface area contributed by atoms with Crippen molar-refractivity contribution in [2.75, 3.05) is 4.90 Å². The summed E-state index contributed by atoms with van der Waals surface area (Å²) in [6.45, 7) is 6.41. The fourth-order valence-electron chi connectivity index (χ4n) is 5.83. The normalized spacial score (nSPS) is 26.7. The minimum Gasteiger partial charge on any atom is -0.489 e. The van der Waals surface area contributed by atoms with E-state index in [1.165, 1.54) is 4.90 Å². The minimum atomic E-state index is -0.700. The highest BCUT2D eigenvalue weighted by Gasteiger charge is 2.54. The Morgan fingerprint density at radius 1 is 1.05 bits per heavy atom. The van der Waals surface area contributed by atoms with Gasteiger partial charge in [0.1, 0.15) is 24.2 Å². The van der Waals surface area contributed by atoms with Gasteiger partial charge in [0.05, 0.1) is 17.5 Å². The number of nitrogens with zero attached hydrogens (tertiary/aromatic N) is 2. The number of carbonyl (C=O) groups excluding carboxylic acids is 2. The molecule has 3 aliphatic rings. The number of carbonyl (C=O) groups is 2. The zero-order valence-corrected chi connectivity index (χ0v) is 22.3. The molecule has 2 aliphatic heterocycles. The molecule has 1 aromatic heterocycles. The van der Waals surface area contributed by atoms with E-state index < -0.39 is 6.04 Å². The molecule has 0 spiro atoms. The van der Waals surface area contributed by atoms with E-state index >= 15 is 0 Å². The fourth-order valence-corrected chi connectivity index (χ4v) is 6.02. The number of hydrogen-bond donors (Lipinski definition) is 0. The number of hydrogen-bond acceptors (Lipinski definition) is 6. The van der Waals surface area contributed by atoms with Crippen molar-refractivity contribution in [2.24, 2.45) is 17.8 Å². The zero-order valence-electron chi connectivity index (χ0n) is 21.5. The topological polar surface area (TPSA) is 81.9 Å². The van der Waals surface area contributed by atoms with Crippen LogP contribution in [-0.4, -0.2) is 23.0 Å². The third-order valence-corrected chi connectivity index (χ3v) is 8.47. The van der Waals surface area contributed by atoms with Gasteiger partial charge in [0.15, 0.2) is 17.4 Å². The number of amides is 1. The van der Waals surface area contributed by atoms with Crippen molar-refractivity contribution >= 4 is 29.1 Å². The first-order valence-electron chi connectivity index (χ1n) is 13.0. The van der Waals surface area contributed by atoms with Crippen LogP contribution in [0.15, 0.2) is 70.5 Å². The number of benzene rings is 2. The van der Waals surface area contributed by atoms with Crippen molar-refractivity contribution in [1.29, 1.82) is 0 Å². The lowest BCUT2D eigenvalue weighted by Gasteiger charge is -2.40. The van der Waals surface area contributed by atoms with E-state index in [-0.39, 0.29) is 36.1 Å². The summed E-state index contributed by atoms with van der Waals surface area (Å²) in [5, 5.41) is 4.75. The Balaban J connectivity index is 1.39. The van der Waals surface area contributed by atoms with Crippen molar-refractivity contribution in [1.82, 2.24) is 5.16 Å². The summed E-state index contributed by atoms with van der Waals surface area (Å²) in [7, 11) is 0. The predicted octanol–water partition coefficient (Wildman–Crippen LogP) is 6.21.